The maximum Gasteiger partial charge on any atom is 0.226 e. The van der Waals surface area contributed by atoms with Gasteiger partial charge in [0.2, 0.25) is 5.91 Å². The topological polar surface area (TPSA) is 55.1 Å². The number of hydrogen-bond donors (Lipinski definition) is 1. The van der Waals surface area contributed by atoms with E-state index < -0.39 is 0 Å². The SMILES string of the molecule is Cc1cc2onc(CC(=O)NC(C)(C)CC(C)(C)C)c2cc1C. The molecule has 0 unspecified atom stereocenters. The highest BCUT2D eigenvalue weighted by Crippen LogP contribution is 2.27. The molecule has 0 fully saturated rings. The summed E-state index contributed by atoms with van der Waals surface area (Å²) in [6.07, 6.45) is 1.15. The van der Waals surface area contributed by atoms with Crippen LogP contribution in [0.2, 0.25) is 0 Å². The molecule has 0 atom stereocenters. The van der Waals surface area contributed by atoms with Crippen LogP contribution in [0.4, 0.5) is 0 Å². The van der Waals surface area contributed by atoms with Crippen LogP contribution in [0.15, 0.2) is 16.7 Å². The molecule has 1 N–H and O–H groups in total. The Morgan fingerprint density at radius 1 is 1.13 bits per heavy atom. The van der Waals surface area contributed by atoms with Gasteiger partial charge < -0.3 is 9.84 Å². The second-order valence-electron chi connectivity index (χ2n) is 8.41. The monoisotopic (exact) mass is 316 g/mol. The molecule has 0 spiro atoms. The van der Waals surface area contributed by atoms with Crippen molar-refractivity contribution in [1.29, 1.82) is 0 Å². The summed E-state index contributed by atoms with van der Waals surface area (Å²) in [4.78, 5) is 12.4. The van der Waals surface area contributed by atoms with Crippen molar-refractivity contribution in [2.45, 2.75) is 66.8 Å². The van der Waals surface area contributed by atoms with Crippen LogP contribution in [0.25, 0.3) is 11.0 Å². The summed E-state index contributed by atoms with van der Waals surface area (Å²) in [5.74, 6) is -0.0207. The van der Waals surface area contributed by atoms with E-state index in [4.69, 9.17) is 4.52 Å². The summed E-state index contributed by atoms with van der Waals surface area (Å²) in [6.45, 7) is 14.7. The Morgan fingerprint density at radius 2 is 1.74 bits per heavy atom. The van der Waals surface area contributed by atoms with Crippen molar-refractivity contribution in [3.05, 3.63) is 29.0 Å². The van der Waals surface area contributed by atoms with Crippen molar-refractivity contribution in [1.82, 2.24) is 10.5 Å². The lowest BCUT2D eigenvalue weighted by Gasteiger charge is -2.33. The van der Waals surface area contributed by atoms with Crippen molar-refractivity contribution in [3.63, 3.8) is 0 Å². The average Bonchev–Trinajstić information content (AvgIpc) is 2.68. The highest BCUT2D eigenvalue weighted by atomic mass is 16.5. The molecule has 0 aliphatic heterocycles. The Bertz CT molecular complexity index is 721. The zero-order valence-electron chi connectivity index (χ0n) is 15.3. The minimum Gasteiger partial charge on any atom is -0.356 e. The quantitative estimate of drug-likeness (QED) is 0.914. The van der Waals surface area contributed by atoms with E-state index in [1.54, 1.807) is 0 Å². The summed E-state index contributed by atoms with van der Waals surface area (Å²) >= 11 is 0. The second-order valence-corrected chi connectivity index (χ2v) is 8.41. The number of fused-ring (bicyclic) bond motifs is 1. The number of nitrogens with one attached hydrogen (secondary N) is 1. The third-order valence-electron chi connectivity index (χ3n) is 3.94. The van der Waals surface area contributed by atoms with E-state index >= 15 is 0 Å². The molecule has 4 heteroatoms. The fraction of sp³-hybridized carbons (Fsp3) is 0.579. The predicted octanol–water partition coefficient (Wildman–Crippen LogP) is 4.32. The first-order valence-corrected chi connectivity index (χ1v) is 8.13. The Balaban J connectivity index is 2.13. The highest BCUT2D eigenvalue weighted by molar-refractivity contribution is 5.87. The molecule has 23 heavy (non-hydrogen) atoms. The largest absolute Gasteiger partial charge is 0.356 e. The van der Waals surface area contributed by atoms with E-state index in [0.29, 0.717) is 5.69 Å². The van der Waals surface area contributed by atoms with Crippen LogP contribution in [-0.4, -0.2) is 16.6 Å². The number of carbonyl (C=O) groups is 1. The molecule has 0 aliphatic carbocycles. The number of aryl methyl sites for hydroxylation is 2. The summed E-state index contributed by atoms with van der Waals surface area (Å²) in [5, 5.41) is 8.14. The number of carbonyl (C=O) groups excluding carboxylic acids is 1. The van der Waals surface area contributed by atoms with Crippen LogP contribution in [-0.2, 0) is 11.2 Å². The van der Waals surface area contributed by atoms with E-state index in [1.807, 2.05) is 19.1 Å². The van der Waals surface area contributed by atoms with Crippen LogP contribution in [0, 0.1) is 19.3 Å². The Kier molecular flexibility index (Phi) is 4.56. The third-order valence-corrected chi connectivity index (χ3v) is 3.94. The van der Waals surface area contributed by atoms with E-state index in [9.17, 15) is 4.79 Å². The van der Waals surface area contributed by atoms with Gasteiger partial charge in [0.25, 0.3) is 0 Å². The number of rotatable bonds is 4. The zero-order chi connectivity index (χ0) is 17.4. The molecule has 0 bridgehead atoms. The van der Waals surface area contributed by atoms with Gasteiger partial charge in [0.05, 0.1) is 6.42 Å². The molecule has 1 aromatic carbocycles. The lowest BCUT2D eigenvalue weighted by molar-refractivity contribution is -0.122. The van der Waals surface area contributed by atoms with Crippen LogP contribution in [0.1, 0.15) is 57.9 Å². The van der Waals surface area contributed by atoms with Crippen LogP contribution < -0.4 is 5.32 Å². The first-order valence-electron chi connectivity index (χ1n) is 8.13. The molecule has 0 radical (unpaired) electrons. The molecule has 1 heterocycles. The Morgan fingerprint density at radius 3 is 2.35 bits per heavy atom. The fourth-order valence-corrected chi connectivity index (χ4v) is 3.32. The summed E-state index contributed by atoms with van der Waals surface area (Å²) in [5.41, 5.74) is 3.69. The van der Waals surface area contributed by atoms with Gasteiger partial charge in [0.15, 0.2) is 5.58 Å². The smallest absolute Gasteiger partial charge is 0.226 e. The molecule has 2 rings (SSSR count). The lowest BCUT2D eigenvalue weighted by atomic mass is 9.81. The van der Waals surface area contributed by atoms with E-state index in [2.05, 4.69) is 52.0 Å². The average molecular weight is 316 g/mol. The minimum atomic E-state index is -0.249. The second kappa shape index (κ2) is 5.99. The molecule has 0 aliphatic rings. The van der Waals surface area contributed by atoms with Gasteiger partial charge in [-0.05, 0) is 62.8 Å². The van der Waals surface area contributed by atoms with Gasteiger partial charge in [-0.2, -0.15) is 0 Å². The van der Waals surface area contributed by atoms with Crippen LogP contribution >= 0.6 is 0 Å². The summed E-state index contributed by atoms with van der Waals surface area (Å²) in [7, 11) is 0. The number of amides is 1. The predicted molar refractivity (Wildman–Crippen MR) is 93.5 cm³/mol. The van der Waals surface area contributed by atoms with Crippen molar-refractivity contribution >= 4 is 16.9 Å². The summed E-state index contributed by atoms with van der Waals surface area (Å²) < 4.78 is 5.37. The molecule has 4 nitrogen and oxygen atoms in total. The molecular weight excluding hydrogens is 288 g/mol. The highest BCUT2D eigenvalue weighted by Gasteiger charge is 2.27. The van der Waals surface area contributed by atoms with Crippen LogP contribution in [0.3, 0.4) is 0 Å². The molecule has 2 aromatic rings. The van der Waals surface area contributed by atoms with Gasteiger partial charge in [0.1, 0.15) is 5.69 Å². The number of nitrogens with zero attached hydrogens (tertiary/aromatic N) is 1. The third kappa shape index (κ3) is 4.57. The van der Waals surface area contributed by atoms with Crippen molar-refractivity contribution in [2.75, 3.05) is 0 Å². The molecular formula is C19H28N2O2. The van der Waals surface area contributed by atoms with Gasteiger partial charge >= 0.3 is 0 Å². The number of hydrogen-bond acceptors (Lipinski definition) is 3. The maximum atomic E-state index is 12.4. The van der Waals surface area contributed by atoms with Crippen molar-refractivity contribution < 1.29 is 9.32 Å². The standard InChI is InChI=1S/C19H28N2O2/c1-12-8-14-15(21-23-16(14)9-13(12)2)10-17(22)20-19(6,7)11-18(3,4)5/h8-9H,10-11H2,1-7H3,(H,20,22). The Labute approximate surface area is 138 Å². The molecule has 1 amide bonds. The normalized spacial score (nSPS) is 12.7. The van der Waals surface area contributed by atoms with Gasteiger partial charge in [-0.3, -0.25) is 4.79 Å². The van der Waals surface area contributed by atoms with Crippen LogP contribution in [0.5, 0.6) is 0 Å². The van der Waals surface area contributed by atoms with E-state index in [1.165, 1.54) is 5.56 Å². The number of aromatic nitrogens is 1. The first-order chi connectivity index (χ1) is 10.5. The van der Waals surface area contributed by atoms with E-state index in [-0.39, 0.29) is 23.3 Å². The molecule has 0 saturated carbocycles. The molecule has 1 aromatic heterocycles. The van der Waals surface area contributed by atoms with Gasteiger partial charge in [-0.15, -0.1) is 0 Å². The first kappa shape index (κ1) is 17.5. The zero-order valence-corrected chi connectivity index (χ0v) is 15.3. The number of benzene rings is 1. The fourth-order valence-electron chi connectivity index (χ4n) is 3.32. The van der Waals surface area contributed by atoms with Gasteiger partial charge in [0, 0.05) is 10.9 Å². The molecule has 126 valence electrons. The summed E-state index contributed by atoms with van der Waals surface area (Å²) in [6, 6.07) is 4.02. The van der Waals surface area contributed by atoms with Gasteiger partial charge in [-0.25, -0.2) is 0 Å². The van der Waals surface area contributed by atoms with E-state index in [0.717, 1.165) is 23.0 Å². The van der Waals surface area contributed by atoms with Crippen molar-refractivity contribution in [2.24, 2.45) is 5.41 Å². The Hall–Kier alpha value is -1.84. The lowest BCUT2D eigenvalue weighted by Crippen LogP contribution is -2.46. The maximum absolute atomic E-state index is 12.4. The van der Waals surface area contributed by atoms with Crippen molar-refractivity contribution in [3.8, 4) is 0 Å². The molecule has 0 saturated heterocycles. The minimum absolute atomic E-state index is 0.0207. The van der Waals surface area contributed by atoms with Gasteiger partial charge in [-0.1, -0.05) is 25.9 Å².